The van der Waals surface area contributed by atoms with Crippen molar-refractivity contribution in [2.24, 2.45) is 0 Å². The van der Waals surface area contributed by atoms with E-state index in [4.69, 9.17) is 4.74 Å². The average Bonchev–Trinajstić information content (AvgIpc) is 2.75. The third-order valence-electron chi connectivity index (χ3n) is 4.11. The van der Waals surface area contributed by atoms with Gasteiger partial charge >= 0.3 is 0 Å². The number of nitrogens with one attached hydrogen (secondary N) is 1. The molecular weight excluding hydrogens is 236 g/mol. The van der Waals surface area contributed by atoms with E-state index in [9.17, 15) is 0 Å². The number of hydrogen-bond donors (Lipinski definition) is 1. The number of likely N-dealkylation sites (N-methyl/N-ethyl adjacent to an activating group) is 1. The summed E-state index contributed by atoms with van der Waals surface area (Å²) < 4.78 is 6.16. The van der Waals surface area contributed by atoms with E-state index in [1.54, 1.807) is 0 Å². The molecule has 0 aromatic heterocycles. The van der Waals surface area contributed by atoms with Crippen LogP contribution in [0.4, 0.5) is 0 Å². The lowest BCUT2D eigenvalue weighted by Crippen LogP contribution is -2.41. The lowest BCUT2D eigenvalue weighted by molar-refractivity contribution is 0.0175. The summed E-state index contributed by atoms with van der Waals surface area (Å²) in [6.45, 7) is 13.2. The molecule has 2 unspecified atom stereocenters. The van der Waals surface area contributed by atoms with Crippen LogP contribution in [0.3, 0.4) is 0 Å². The Morgan fingerprint density at radius 1 is 1.16 bits per heavy atom. The van der Waals surface area contributed by atoms with Gasteiger partial charge in [-0.05, 0) is 53.5 Å². The van der Waals surface area contributed by atoms with Crippen LogP contribution in [0.25, 0.3) is 0 Å². The molecule has 1 fully saturated rings. The molecule has 0 radical (unpaired) electrons. The molecule has 19 heavy (non-hydrogen) atoms. The maximum Gasteiger partial charge on any atom is 0.0707 e. The second-order valence-corrected chi connectivity index (χ2v) is 7.00. The molecule has 0 amide bonds. The van der Waals surface area contributed by atoms with Gasteiger partial charge < -0.3 is 15.0 Å². The van der Waals surface area contributed by atoms with Gasteiger partial charge in [-0.3, -0.25) is 0 Å². The van der Waals surface area contributed by atoms with Crippen molar-refractivity contribution in [3.05, 3.63) is 0 Å². The SMILES string of the molecule is CCC(CC)N(C)CC1CCC(CNC(C)(C)C)O1. The third kappa shape index (κ3) is 6.24. The van der Waals surface area contributed by atoms with Gasteiger partial charge in [0, 0.05) is 24.7 Å². The van der Waals surface area contributed by atoms with Gasteiger partial charge in [-0.2, -0.15) is 0 Å². The molecule has 1 saturated heterocycles. The zero-order chi connectivity index (χ0) is 14.5. The van der Waals surface area contributed by atoms with E-state index in [0.717, 1.165) is 13.1 Å². The Labute approximate surface area is 120 Å². The summed E-state index contributed by atoms with van der Waals surface area (Å²) in [6, 6.07) is 0.704. The first-order valence-electron chi connectivity index (χ1n) is 7.96. The van der Waals surface area contributed by atoms with E-state index in [1.165, 1.54) is 25.7 Å². The standard InChI is InChI=1S/C16H34N2O/c1-7-13(8-2)18(6)12-15-10-9-14(19-15)11-17-16(3,4)5/h13-15,17H,7-12H2,1-6H3. The summed E-state index contributed by atoms with van der Waals surface area (Å²) in [5, 5.41) is 3.54. The topological polar surface area (TPSA) is 24.5 Å². The van der Waals surface area contributed by atoms with Gasteiger partial charge in [-0.1, -0.05) is 13.8 Å². The Bertz CT molecular complexity index is 246. The first-order chi connectivity index (χ1) is 8.85. The lowest BCUT2D eigenvalue weighted by atomic mass is 10.1. The van der Waals surface area contributed by atoms with Crippen LogP contribution in [0.15, 0.2) is 0 Å². The minimum absolute atomic E-state index is 0.188. The van der Waals surface area contributed by atoms with Gasteiger partial charge in [0.05, 0.1) is 12.2 Å². The highest BCUT2D eigenvalue weighted by Gasteiger charge is 2.27. The molecule has 0 spiro atoms. The molecule has 1 rings (SSSR count). The van der Waals surface area contributed by atoms with Crippen LogP contribution < -0.4 is 5.32 Å². The zero-order valence-corrected chi connectivity index (χ0v) is 13.8. The molecule has 0 bridgehead atoms. The summed E-state index contributed by atoms with van der Waals surface area (Å²) >= 11 is 0. The molecule has 114 valence electrons. The average molecular weight is 270 g/mol. The first kappa shape index (κ1) is 16.9. The smallest absolute Gasteiger partial charge is 0.0707 e. The normalized spacial score (nSPS) is 24.6. The van der Waals surface area contributed by atoms with Crippen LogP contribution in [-0.2, 0) is 4.74 Å². The fourth-order valence-corrected chi connectivity index (χ4v) is 2.87. The fraction of sp³-hybridized carbons (Fsp3) is 1.00. The summed E-state index contributed by atoms with van der Waals surface area (Å²) in [7, 11) is 2.24. The highest BCUT2D eigenvalue weighted by molar-refractivity contribution is 4.81. The van der Waals surface area contributed by atoms with Crippen LogP contribution in [-0.4, -0.2) is 48.8 Å². The fourth-order valence-electron chi connectivity index (χ4n) is 2.87. The summed E-state index contributed by atoms with van der Waals surface area (Å²) in [5.74, 6) is 0. The highest BCUT2D eigenvalue weighted by Crippen LogP contribution is 2.21. The van der Waals surface area contributed by atoms with Crippen LogP contribution in [0.1, 0.15) is 60.3 Å². The lowest BCUT2D eigenvalue weighted by Gasteiger charge is -2.29. The molecule has 1 aliphatic rings. The maximum absolute atomic E-state index is 6.16. The van der Waals surface area contributed by atoms with E-state index in [1.807, 2.05) is 0 Å². The summed E-state index contributed by atoms with van der Waals surface area (Å²) in [6.07, 6.45) is 5.70. The highest BCUT2D eigenvalue weighted by atomic mass is 16.5. The summed E-state index contributed by atoms with van der Waals surface area (Å²) in [4.78, 5) is 2.48. The molecule has 1 heterocycles. The molecule has 1 N–H and O–H groups in total. The molecule has 0 saturated carbocycles. The van der Waals surface area contributed by atoms with Crippen LogP contribution in [0, 0.1) is 0 Å². The van der Waals surface area contributed by atoms with E-state index >= 15 is 0 Å². The Kier molecular flexibility index (Phi) is 6.78. The maximum atomic E-state index is 6.16. The van der Waals surface area contributed by atoms with Crippen molar-refractivity contribution < 1.29 is 4.74 Å². The van der Waals surface area contributed by atoms with Gasteiger partial charge in [0.1, 0.15) is 0 Å². The van der Waals surface area contributed by atoms with Gasteiger partial charge in [-0.15, -0.1) is 0 Å². The van der Waals surface area contributed by atoms with E-state index in [-0.39, 0.29) is 5.54 Å². The third-order valence-corrected chi connectivity index (χ3v) is 4.11. The second-order valence-electron chi connectivity index (χ2n) is 7.00. The molecule has 0 aromatic carbocycles. The monoisotopic (exact) mass is 270 g/mol. The summed E-state index contributed by atoms with van der Waals surface area (Å²) in [5.41, 5.74) is 0.188. The number of hydrogen-bond acceptors (Lipinski definition) is 3. The largest absolute Gasteiger partial charge is 0.372 e. The van der Waals surface area contributed by atoms with E-state index < -0.39 is 0 Å². The van der Waals surface area contributed by atoms with Crippen molar-refractivity contribution in [3.8, 4) is 0 Å². The quantitative estimate of drug-likeness (QED) is 0.769. The molecule has 2 atom stereocenters. The molecule has 0 aliphatic carbocycles. The second kappa shape index (κ2) is 7.61. The number of ether oxygens (including phenoxy) is 1. The van der Waals surface area contributed by atoms with Crippen LogP contribution >= 0.6 is 0 Å². The van der Waals surface area contributed by atoms with Gasteiger partial charge in [0.25, 0.3) is 0 Å². The van der Waals surface area contributed by atoms with Crippen molar-refractivity contribution in [3.63, 3.8) is 0 Å². The molecular formula is C16H34N2O. The minimum atomic E-state index is 0.188. The Hall–Kier alpha value is -0.120. The molecule has 1 aliphatic heterocycles. The molecule has 3 nitrogen and oxygen atoms in total. The Balaban J connectivity index is 2.28. The van der Waals surface area contributed by atoms with Crippen LogP contribution in [0.5, 0.6) is 0 Å². The van der Waals surface area contributed by atoms with Crippen molar-refractivity contribution in [1.29, 1.82) is 0 Å². The van der Waals surface area contributed by atoms with Gasteiger partial charge in [0.15, 0.2) is 0 Å². The number of nitrogens with zero attached hydrogens (tertiary/aromatic N) is 1. The first-order valence-corrected chi connectivity index (χ1v) is 7.96. The number of rotatable bonds is 7. The van der Waals surface area contributed by atoms with E-state index in [2.05, 4.69) is 51.9 Å². The van der Waals surface area contributed by atoms with Gasteiger partial charge in [0.2, 0.25) is 0 Å². The Morgan fingerprint density at radius 2 is 1.74 bits per heavy atom. The predicted octanol–water partition coefficient (Wildman–Crippen LogP) is 3.04. The van der Waals surface area contributed by atoms with Crippen molar-refractivity contribution >= 4 is 0 Å². The Morgan fingerprint density at radius 3 is 2.26 bits per heavy atom. The molecule has 3 heteroatoms. The predicted molar refractivity (Wildman–Crippen MR) is 82.7 cm³/mol. The van der Waals surface area contributed by atoms with Crippen molar-refractivity contribution in [2.75, 3.05) is 20.1 Å². The zero-order valence-electron chi connectivity index (χ0n) is 13.8. The minimum Gasteiger partial charge on any atom is -0.372 e. The van der Waals surface area contributed by atoms with Crippen molar-refractivity contribution in [1.82, 2.24) is 10.2 Å². The van der Waals surface area contributed by atoms with Crippen molar-refractivity contribution in [2.45, 2.75) is 84.1 Å². The van der Waals surface area contributed by atoms with Crippen LogP contribution in [0.2, 0.25) is 0 Å². The van der Waals surface area contributed by atoms with E-state index in [0.29, 0.717) is 18.2 Å². The van der Waals surface area contributed by atoms with Gasteiger partial charge in [-0.25, -0.2) is 0 Å². The molecule has 0 aromatic rings.